The number of rotatable bonds is 7. The number of anilines is 2. The Balaban J connectivity index is 1.31. The number of nitro groups is 1. The predicted octanol–water partition coefficient (Wildman–Crippen LogP) is 4.14. The van der Waals surface area contributed by atoms with E-state index < -0.39 is 16.6 Å². The van der Waals surface area contributed by atoms with Crippen LogP contribution in [-0.2, 0) is 0 Å². The van der Waals surface area contributed by atoms with E-state index in [1.165, 1.54) is 0 Å². The molecule has 10 heteroatoms. The molecule has 1 heterocycles. The van der Waals surface area contributed by atoms with Gasteiger partial charge in [0.15, 0.2) is 0 Å². The van der Waals surface area contributed by atoms with Crippen molar-refractivity contribution in [2.45, 2.75) is 31.7 Å². The first-order valence-corrected chi connectivity index (χ1v) is 11.2. The van der Waals surface area contributed by atoms with Gasteiger partial charge in [0, 0.05) is 38.1 Å². The molecule has 1 amide bonds. The Morgan fingerprint density at radius 2 is 1.88 bits per heavy atom. The zero-order valence-corrected chi connectivity index (χ0v) is 19.1. The van der Waals surface area contributed by atoms with Crippen molar-refractivity contribution in [3.05, 3.63) is 64.0 Å². The molecule has 34 heavy (non-hydrogen) atoms. The number of fused-ring (bicyclic) bond motifs is 1. The first-order valence-electron chi connectivity index (χ1n) is 11.2. The predicted molar refractivity (Wildman–Crippen MR) is 129 cm³/mol. The number of hydrogen-bond acceptors (Lipinski definition) is 7. The van der Waals surface area contributed by atoms with E-state index in [1.54, 1.807) is 0 Å². The lowest BCUT2D eigenvalue weighted by Crippen LogP contribution is -2.34. The number of nitrogens with one attached hydrogen (secondary N) is 2. The summed E-state index contributed by atoms with van der Waals surface area (Å²) in [4.78, 5) is 33.7. The van der Waals surface area contributed by atoms with Crippen LogP contribution in [0.2, 0.25) is 0 Å². The molecule has 4 rings (SSSR count). The topological polar surface area (TPSA) is 113 Å². The summed E-state index contributed by atoms with van der Waals surface area (Å²) >= 11 is 0. The average Bonchev–Trinajstić information content (AvgIpc) is 2.82. The van der Waals surface area contributed by atoms with E-state index in [9.17, 15) is 19.3 Å². The van der Waals surface area contributed by atoms with Crippen LogP contribution in [0.4, 0.5) is 21.8 Å². The fourth-order valence-corrected chi connectivity index (χ4v) is 4.29. The second-order valence-electron chi connectivity index (χ2n) is 8.78. The summed E-state index contributed by atoms with van der Waals surface area (Å²) in [6, 6.07) is 11.2. The fraction of sp³-hybridized carbons (Fsp3) is 0.375. The summed E-state index contributed by atoms with van der Waals surface area (Å²) in [5, 5.41) is 18.0. The molecule has 2 aromatic carbocycles. The molecule has 3 aromatic rings. The highest BCUT2D eigenvalue weighted by Gasteiger charge is 2.24. The Kier molecular flexibility index (Phi) is 6.85. The number of carbonyl (C=O) groups is 1. The maximum absolute atomic E-state index is 14.1. The number of hydrogen-bond donors (Lipinski definition) is 2. The summed E-state index contributed by atoms with van der Waals surface area (Å²) in [5.41, 5.74) is 0.317. The van der Waals surface area contributed by atoms with Crippen molar-refractivity contribution >= 4 is 34.3 Å². The summed E-state index contributed by atoms with van der Waals surface area (Å²) in [7, 11) is 3.92. The zero-order chi connectivity index (χ0) is 24.2. The van der Waals surface area contributed by atoms with E-state index in [0.717, 1.165) is 60.6 Å². The zero-order valence-electron chi connectivity index (χ0n) is 19.1. The first kappa shape index (κ1) is 23.3. The lowest BCUT2D eigenvalue weighted by Gasteiger charge is -2.29. The minimum Gasteiger partial charge on any atom is -0.362 e. The van der Waals surface area contributed by atoms with Gasteiger partial charge in [0.1, 0.15) is 11.6 Å². The van der Waals surface area contributed by atoms with Gasteiger partial charge in [-0.25, -0.2) is 9.37 Å². The normalized spacial score (nSPS) is 17.9. The monoisotopic (exact) mass is 466 g/mol. The van der Waals surface area contributed by atoms with E-state index in [-0.39, 0.29) is 23.2 Å². The number of aromatic nitrogens is 2. The fourth-order valence-electron chi connectivity index (χ4n) is 4.29. The van der Waals surface area contributed by atoms with Crippen LogP contribution in [0.5, 0.6) is 0 Å². The molecule has 0 aliphatic heterocycles. The molecule has 1 fully saturated rings. The molecular formula is C24H27FN6O3. The highest BCUT2D eigenvalue weighted by atomic mass is 19.1. The third-order valence-electron chi connectivity index (χ3n) is 6.15. The lowest BCUT2D eigenvalue weighted by atomic mass is 9.86. The van der Waals surface area contributed by atoms with Crippen molar-refractivity contribution in [2.24, 2.45) is 5.92 Å². The average molecular weight is 467 g/mol. The van der Waals surface area contributed by atoms with Crippen molar-refractivity contribution in [2.75, 3.05) is 30.9 Å². The van der Waals surface area contributed by atoms with Crippen LogP contribution in [-0.4, -0.2) is 47.5 Å². The van der Waals surface area contributed by atoms with Gasteiger partial charge in [0.2, 0.25) is 5.95 Å². The Bertz CT molecular complexity index is 1210. The summed E-state index contributed by atoms with van der Waals surface area (Å²) in [6.07, 6.45) is 3.60. The number of nitro benzene ring substituents is 1. The molecule has 1 aromatic heterocycles. The van der Waals surface area contributed by atoms with Gasteiger partial charge in [-0.2, -0.15) is 4.98 Å². The highest BCUT2D eigenvalue weighted by Crippen LogP contribution is 2.28. The summed E-state index contributed by atoms with van der Waals surface area (Å²) < 4.78 is 14.1. The van der Waals surface area contributed by atoms with E-state index in [1.807, 2.05) is 43.3 Å². The van der Waals surface area contributed by atoms with Crippen molar-refractivity contribution in [1.82, 2.24) is 15.3 Å². The lowest BCUT2D eigenvalue weighted by molar-refractivity contribution is -0.385. The number of non-ortho nitro benzene ring substituents is 1. The SMILES string of the molecule is CN(C)c1nc(N[C@H]2CC[C@@H](CNC(=O)c3ccc([N+](=O)[O-])cc3F)CC2)nc2ccccc12. The smallest absolute Gasteiger partial charge is 0.272 e. The maximum Gasteiger partial charge on any atom is 0.272 e. The number of carbonyl (C=O) groups excluding carboxylic acids is 1. The van der Waals surface area contributed by atoms with Crippen molar-refractivity contribution < 1.29 is 14.1 Å². The summed E-state index contributed by atoms with van der Waals surface area (Å²) in [5.74, 6) is 0.286. The Morgan fingerprint density at radius 1 is 1.15 bits per heavy atom. The van der Waals surface area contributed by atoms with Gasteiger partial charge in [-0.1, -0.05) is 12.1 Å². The van der Waals surface area contributed by atoms with Gasteiger partial charge in [-0.05, 0) is 49.8 Å². The van der Waals surface area contributed by atoms with Gasteiger partial charge in [-0.3, -0.25) is 14.9 Å². The molecule has 1 aliphatic carbocycles. The minimum atomic E-state index is -0.896. The maximum atomic E-state index is 14.1. The molecule has 1 aliphatic rings. The second kappa shape index (κ2) is 9.98. The number of amides is 1. The number of benzene rings is 2. The molecule has 2 N–H and O–H groups in total. The Morgan fingerprint density at radius 3 is 2.56 bits per heavy atom. The molecular weight excluding hydrogens is 439 g/mol. The molecule has 0 bridgehead atoms. The van der Waals surface area contributed by atoms with Crippen LogP contribution >= 0.6 is 0 Å². The van der Waals surface area contributed by atoms with Crippen LogP contribution in [0.3, 0.4) is 0 Å². The quantitative estimate of drug-likeness (QED) is 0.397. The van der Waals surface area contributed by atoms with Gasteiger partial charge >= 0.3 is 0 Å². The van der Waals surface area contributed by atoms with E-state index >= 15 is 0 Å². The third kappa shape index (κ3) is 5.22. The molecule has 1 saturated carbocycles. The van der Waals surface area contributed by atoms with Crippen LogP contribution in [0.1, 0.15) is 36.0 Å². The van der Waals surface area contributed by atoms with E-state index in [0.29, 0.717) is 12.5 Å². The van der Waals surface area contributed by atoms with Crippen molar-refractivity contribution in [3.8, 4) is 0 Å². The van der Waals surface area contributed by atoms with Crippen LogP contribution in [0, 0.1) is 21.8 Å². The van der Waals surface area contributed by atoms with Crippen LogP contribution in [0.15, 0.2) is 42.5 Å². The Labute approximate surface area is 196 Å². The number of halogens is 1. The molecule has 0 radical (unpaired) electrons. The van der Waals surface area contributed by atoms with Crippen LogP contribution < -0.4 is 15.5 Å². The van der Waals surface area contributed by atoms with Gasteiger partial charge in [0.05, 0.1) is 22.1 Å². The number of para-hydroxylation sites is 1. The van der Waals surface area contributed by atoms with Gasteiger partial charge in [0.25, 0.3) is 11.6 Å². The molecule has 9 nitrogen and oxygen atoms in total. The highest BCUT2D eigenvalue weighted by molar-refractivity contribution is 5.94. The summed E-state index contributed by atoms with van der Waals surface area (Å²) in [6.45, 7) is 0.430. The van der Waals surface area contributed by atoms with Gasteiger partial charge in [-0.15, -0.1) is 0 Å². The molecule has 0 spiro atoms. The number of nitrogens with zero attached hydrogens (tertiary/aromatic N) is 4. The largest absolute Gasteiger partial charge is 0.362 e. The first-order chi connectivity index (χ1) is 16.3. The van der Waals surface area contributed by atoms with E-state index in [4.69, 9.17) is 4.98 Å². The molecule has 0 unspecified atom stereocenters. The molecule has 178 valence electrons. The van der Waals surface area contributed by atoms with Crippen molar-refractivity contribution in [3.63, 3.8) is 0 Å². The van der Waals surface area contributed by atoms with Crippen molar-refractivity contribution in [1.29, 1.82) is 0 Å². The minimum absolute atomic E-state index is 0.189. The molecule has 0 atom stereocenters. The van der Waals surface area contributed by atoms with Crippen LogP contribution in [0.25, 0.3) is 10.9 Å². The third-order valence-corrected chi connectivity index (χ3v) is 6.15. The van der Waals surface area contributed by atoms with Gasteiger partial charge < -0.3 is 15.5 Å². The molecule has 0 saturated heterocycles. The standard InChI is InChI=1S/C24H27FN6O3/c1-30(2)22-19-5-3-4-6-21(19)28-24(29-22)27-16-9-7-15(8-10-16)14-26-23(32)18-12-11-17(31(33)34)13-20(18)25/h3-6,11-13,15-16H,7-10,14H2,1-2H3,(H,26,32)(H,27,28,29)/t15-,16+. The van der Waals surface area contributed by atoms with E-state index in [2.05, 4.69) is 15.6 Å². The second-order valence-corrected chi connectivity index (χ2v) is 8.78. The Hall–Kier alpha value is -3.82.